The van der Waals surface area contributed by atoms with Crippen molar-refractivity contribution in [3.8, 4) is 0 Å². The fourth-order valence-electron chi connectivity index (χ4n) is 2.02. The van der Waals surface area contributed by atoms with Gasteiger partial charge in [0.05, 0.1) is 0 Å². The summed E-state index contributed by atoms with van der Waals surface area (Å²) in [6, 6.07) is 6.07. The average molecular weight is 242 g/mol. The average Bonchev–Trinajstić information content (AvgIpc) is 2.39. The van der Waals surface area contributed by atoms with E-state index in [0.717, 1.165) is 28.7 Å². The van der Waals surface area contributed by atoms with Gasteiger partial charge in [-0.15, -0.1) is 0 Å². The minimum atomic E-state index is 0.192. The highest BCUT2D eigenvalue weighted by Gasteiger charge is 2.13. The largest absolute Gasteiger partial charge is 0.294 e. The van der Waals surface area contributed by atoms with Crippen molar-refractivity contribution in [2.75, 3.05) is 0 Å². The van der Waals surface area contributed by atoms with Crippen LogP contribution < -0.4 is 0 Å². The Morgan fingerprint density at radius 2 is 1.89 bits per heavy atom. The molecule has 1 aromatic rings. The lowest BCUT2D eigenvalue weighted by Crippen LogP contribution is -2.03. The number of rotatable bonds is 5. The first-order valence-corrected chi connectivity index (χ1v) is 6.51. The summed E-state index contributed by atoms with van der Waals surface area (Å²) in [7, 11) is 0. The van der Waals surface area contributed by atoms with Crippen LogP contribution in [0.15, 0.2) is 36.4 Å². The third kappa shape index (κ3) is 2.98. The Morgan fingerprint density at radius 1 is 1.22 bits per heavy atom. The monoisotopic (exact) mass is 242 g/mol. The van der Waals surface area contributed by atoms with Gasteiger partial charge in [-0.05, 0) is 37.5 Å². The highest BCUT2D eigenvalue weighted by atomic mass is 16.1. The number of carbonyl (C=O) groups excluding carboxylic acids is 1. The summed E-state index contributed by atoms with van der Waals surface area (Å²) in [5, 5.41) is 0. The van der Waals surface area contributed by atoms with Gasteiger partial charge in [-0.25, -0.2) is 0 Å². The molecular weight excluding hydrogens is 220 g/mol. The van der Waals surface area contributed by atoms with Crippen LogP contribution in [0.3, 0.4) is 0 Å². The molecule has 96 valence electrons. The number of benzene rings is 1. The molecule has 0 aliphatic heterocycles. The first-order chi connectivity index (χ1) is 8.54. The van der Waals surface area contributed by atoms with Crippen LogP contribution in [0.25, 0.3) is 5.57 Å². The highest BCUT2D eigenvalue weighted by Crippen LogP contribution is 2.26. The van der Waals surface area contributed by atoms with E-state index in [9.17, 15) is 4.79 Å². The van der Waals surface area contributed by atoms with Crippen molar-refractivity contribution in [2.24, 2.45) is 0 Å². The number of carbonyl (C=O) groups is 1. The number of ketones is 1. The number of hydrogen-bond acceptors (Lipinski definition) is 1. The summed E-state index contributed by atoms with van der Waals surface area (Å²) in [6.07, 6.45) is 3.36. The maximum Gasteiger partial charge on any atom is 0.163 e. The molecule has 0 aliphatic rings. The van der Waals surface area contributed by atoms with E-state index in [2.05, 4.69) is 20.4 Å². The van der Waals surface area contributed by atoms with Crippen LogP contribution in [0.5, 0.6) is 0 Å². The Kier molecular flexibility index (Phi) is 5.08. The van der Waals surface area contributed by atoms with Gasteiger partial charge in [0.1, 0.15) is 0 Å². The minimum absolute atomic E-state index is 0.192. The Hall–Kier alpha value is -1.63. The van der Waals surface area contributed by atoms with Crippen LogP contribution in [0.2, 0.25) is 0 Å². The Morgan fingerprint density at radius 3 is 2.39 bits per heavy atom. The fourth-order valence-corrected chi connectivity index (χ4v) is 2.02. The third-order valence-corrected chi connectivity index (χ3v) is 3.28. The van der Waals surface area contributed by atoms with Crippen LogP contribution >= 0.6 is 0 Å². The van der Waals surface area contributed by atoms with Crippen LogP contribution in [0.1, 0.15) is 55.1 Å². The molecule has 0 aromatic heterocycles. The predicted molar refractivity (Wildman–Crippen MR) is 78.9 cm³/mol. The van der Waals surface area contributed by atoms with Gasteiger partial charge in [-0.3, -0.25) is 4.79 Å². The molecule has 0 atom stereocenters. The standard InChI is InChI=1S/C17H22O/c1-6-13(5)14(7-2)15-10-9-12(4)11-16(15)17(18)8-3/h7,9-11H,2,6,8H2,1,3-5H3/b14-13+. The summed E-state index contributed by atoms with van der Waals surface area (Å²) >= 11 is 0. The second-order valence-electron chi connectivity index (χ2n) is 4.58. The Bertz CT molecular complexity index is 492. The van der Waals surface area contributed by atoms with Crippen molar-refractivity contribution in [3.05, 3.63) is 53.1 Å². The van der Waals surface area contributed by atoms with E-state index in [1.807, 2.05) is 38.1 Å². The molecule has 0 heterocycles. The van der Waals surface area contributed by atoms with Gasteiger partial charge in [-0.1, -0.05) is 49.8 Å². The fraction of sp³-hybridized carbons (Fsp3) is 0.353. The lowest BCUT2D eigenvalue weighted by molar-refractivity contribution is 0.0988. The Balaban J connectivity index is 3.49. The van der Waals surface area contributed by atoms with E-state index < -0.39 is 0 Å². The third-order valence-electron chi connectivity index (χ3n) is 3.28. The number of hydrogen-bond donors (Lipinski definition) is 0. The summed E-state index contributed by atoms with van der Waals surface area (Å²) in [4.78, 5) is 12.1. The van der Waals surface area contributed by atoms with Gasteiger partial charge >= 0.3 is 0 Å². The first kappa shape index (κ1) is 14.4. The van der Waals surface area contributed by atoms with Gasteiger partial charge in [-0.2, -0.15) is 0 Å². The summed E-state index contributed by atoms with van der Waals surface area (Å²) < 4.78 is 0. The van der Waals surface area contributed by atoms with E-state index in [0.29, 0.717) is 6.42 Å². The SMILES string of the molecule is C=C/C(=C(/C)CC)c1ccc(C)cc1C(=O)CC. The molecule has 0 aliphatic carbocycles. The topological polar surface area (TPSA) is 17.1 Å². The van der Waals surface area contributed by atoms with Gasteiger partial charge < -0.3 is 0 Å². The van der Waals surface area contributed by atoms with Gasteiger partial charge in [0.25, 0.3) is 0 Å². The zero-order valence-corrected chi connectivity index (χ0v) is 11.8. The number of Topliss-reactive ketones (excluding diaryl/α,β-unsaturated/α-hetero) is 1. The second kappa shape index (κ2) is 6.34. The normalized spacial score (nSPS) is 12.0. The smallest absolute Gasteiger partial charge is 0.163 e. The molecule has 0 bridgehead atoms. The van der Waals surface area contributed by atoms with Gasteiger partial charge in [0, 0.05) is 12.0 Å². The van der Waals surface area contributed by atoms with E-state index in [1.54, 1.807) is 0 Å². The molecule has 0 spiro atoms. The molecule has 1 heteroatoms. The molecule has 0 N–H and O–H groups in total. The van der Waals surface area contributed by atoms with Crippen LogP contribution in [-0.4, -0.2) is 5.78 Å². The molecule has 0 saturated carbocycles. The summed E-state index contributed by atoms with van der Waals surface area (Å²) in [5.74, 6) is 0.192. The maximum atomic E-state index is 12.1. The zero-order valence-electron chi connectivity index (χ0n) is 11.8. The van der Waals surface area contributed by atoms with E-state index >= 15 is 0 Å². The summed E-state index contributed by atoms with van der Waals surface area (Å²) in [6.45, 7) is 12.0. The molecular formula is C17H22O. The molecule has 1 rings (SSSR count). The van der Waals surface area contributed by atoms with Crippen molar-refractivity contribution in [3.63, 3.8) is 0 Å². The molecule has 0 unspecified atom stereocenters. The quantitative estimate of drug-likeness (QED) is 0.527. The van der Waals surface area contributed by atoms with Crippen LogP contribution in [0, 0.1) is 6.92 Å². The number of allylic oxidation sites excluding steroid dienone is 3. The van der Waals surface area contributed by atoms with Crippen LogP contribution in [0.4, 0.5) is 0 Å². The molecule has 0 fully saturated rings. The lowest BCUT2D eigenvalue weighted by atomic mass is 9.91. The Labute approximate surface area is 110 Å². The van der Waals surface area contributed by atoms with E-state index in [-0.39, 0.29) is 5.78 Å². The van der Waals surface area contributed by atoms with Gasteiger partial charge in [0.2, 0.25) is 0 Å². The molecule has 1 nitrogen and oxygen atoms in total. The van der Waals surface area contributed by atoms with Crippen molar-refractivity contribution >= 4 is 11.4 Å². The second-order valence-corrected chi connectivity index (χ2v) is 4.58. The molecule has 0 amide bonds. The minimum Gasteiger partial charge on any atom is -0.294 e. The van der Waals surface area contributed by atoms with Crippen molar-refractivity contribution < 1.29 is 4.79 Å². The predicted octanol–water partition coefficient (Wildman–Crippen LogP) is 4.96. The van der Waals surface area contributed by atoms with Gasteiger partial charge in [0.15, 0.2) is 5.78 Å². The van der Waals surface area contributed by atoms with E-state index in [4.69, 9.17) is 0 Å². The molecule has 0 radical (unpaired) electrons. The summed E-state index contributed by atoms with van der Waals surface area (Å²) in [5.41, 5.74) is 5.31. The van der Waals surface area contributed by atoms with E-state index in [1.165, 1.54) is 5.57 Å². The van der Waals surface area contributed by atoms with Crippen molar-refractivity contribution in [1.29, 1.82) is 0 Å². The lowest BCUT2D eigenvalue weighted by Gasteiger charge is -2.13. The molecule has 1 aromatic carbocycles. The zero-order chi connectivity index (χ0) is 13.7. The molecule has 0 saturated heterocycles. The maximum absolute atomic E-state index is 12.1. The van der Waals surface area contributed by atoms with Crippen molar-refractivity contribution in [1.82, 2.24) is 0 Å². The van der Waals surface area contributed by atoms with Crippen molar-refractivity contribution in [2.45, 2.75) is 40.5 Å². The van der Waals surface area contributed by atoms with Crippen LogP contribution in [-0.2, 0) is 0 Å². The number of aryl methyl sites for hydroxylation is 1. The molecule has 18 heavy (non-hydrogen) atoms. The highest BCUT2D eigenvalue weighted by molar-refractivity contribution is 6.01. The first-order valence-electron chi connectivity index (χ1n) is 6.51.